The van der Waals surface area contributed by atoms with Gasteiger partial charge in [-0.05, 0) is 30.2 Å². The minimum Gasteiger partial charge on any atom is -0.481 e. The molecule has 2 rings (SSSR count). The number of carboxylic acid groups (broad SMARTS) is 1. The van der Waals surface area contributed by atoms with Gasteiger partial charge >= 0.3 is 5.97 Å². The van der Waals surface area contributed by atoms with Crippen LogP contribution >= 0.6 is 35.0 Å². The predicted octanol–water partition coefficient (Wildman–Crippen LogP) is 2.68. The number of anilines is 1. The van der Waals surface area contributed by atoms with Gasteiger partial charge in [0.25, 0.3) is 0 Å². The number of halogens is 2. The zero-order chi connectivity index (χ0) is 19.8. The smallest absolute Gasteiger partial charge is 0.305 e. The van der Waals surface area contributed by atoms with E-state index in [4.69, 9.17) is 28.3 Å². The summed E-state index contributed by atoms with van der Waals surface area (Å²) in [4.78, 5) is 24.5. The Kier molecular flexibility index (Phi) is 8.40. The number of thioether (sulfide) groups is 1. The van der Waals surface area contributed by atoms with E-state index in [1.54, 1.807) is 6.21 Å². The predicted molar refractivity (Wildman–Crippen MR) is 112 cm³/mol. The summed E-state index contributed by atoms with van der Waals surface area (Å²) in [6, 6.07) is 5.93. The van der Waals surface area contributed by atoms with Gasteiger partial charge < -0.3 is 15.3 Å². The second kappa shape index (κ2) is 10.5. The number of alkyl halides is 2. The summed E-state index contributed by atoms with van der Waals surface area (Å²) in [7, 11) is 0. The number of hydrogen-bond donors (Lipinski definition) is 2. The number of aliphatic carboxylic acids is 1. The van der Waals surface area contributed by atoms with E-state index in [0.29, 0.717) is 30.0 Å². The van der Waals surface area contributed by atoms with E-state index in [1.165, 1.54) is 0 Å². The van der Waals surface area contributed by atoms with E-state index in [1.807, 2.05) is 25.1 Å². The van der Waals surface area contributed by atoms with Gasteiger partial charge in [-0.1, -0.05) is 17.8 Å². The molecule has 1 heterocycles. The molecule has 146 valence electrons. The number of carbonyl (C=O) groups is 2. The zero-order valence-electron chi connectivity index (χ0n) is 14.7. The lowest BCUT2D eigenvalue weighted by molar-refractivity contribution is -0.138. The summed E-state index contributed by atoms with van der Waals surface area (Å²) in [6.45, 7) is 3.39. The number of hydrogen-bond acceptors (Lipinski definition) is 6. The molecule has 0 bridgehead atoms. The maximum absolute atomic E-state index is 11.7. The van der Waals surface area contributed by atoms with Gasteiger partial charge in [0.2, 0.25) is 5.91 Å². The highest BCUT2D eigenvalue weighted by Gasteiger charge is 2.32. The van der Waals surface area contributed by atoms with Gasteiger partial charge in [0.1, 0.15) is 5.25 Å². The topological polar surface area (TPSA) is 94.4 Å². The molecule has 2 N–H and O–H groups in total. The van der Waals surface area contributed by atoms with Gasteiger partial charge in [-0.15, -0.1) is 28.3 Å². The molecular formula is C17H20Cl2N4O3S. The summed E-state index contributed by atoms with van der Waals surface area (Å²) >= 11 is 12.8. The van der Waals surface area contributed by atoms with Gasteiger partial charge in [-0.3, -0.25) is 9.59 Å². The molecule has 0 aromatic heterocycles. The Morgan fingerprint density at radius 1 is 1.37 bits per heavy atom. The van der Waals surface area contributed by atoms with Gasteiger partial charge in [0.15, 0.2) is 5.17 Å². The molecule has 1 aliphatic heterocycles. The molecule has 1 atom stereocenters. The van der Waals surface area contributed by atoms with E-state index in [0.717, 1.165) is 28.6 Å². The van der Waals surface area contributed by atoms with Crippen LogP contribution in [0.3, 0.4) is 0 Å². The molecule has 1 unspecified atom stereocenters. The van der Waals surface area contributed by atoms with Gasteiger partial charge in [0, 0.05) is 30.5 Å². The molecule has 1 fully saturated rings. The van der Waals surface area contributed by atoms with E-state index >= 15 is 0 Å². The number of amides is 1. The second-order valence-electron chi connectivity index (χ2n) is 5.75. The largest absolute Gasteiger partial charge is 0.481 e. The molecule has 27 heavy (non-hydrogen) atoms. The fourth-order valence-corrected chi connectivity index (χ4v) is 3.79. The van der Waals surface area contributed by atoms with Crippen molar-refractivity contribution in [1.82, 2.24) is 5.32 Å². The van der Waals surface area contributed by atoms with Crippen molar-refractivity contribution in [3.8, 4) is 0 Å². The van der Waals surface area contributed by atoms with Crippen molar-refractivity contribution in [2.24, 2.45) is 10.2 Å². The first-order valence-electron chi connectivity index (χ1n) is 8.22. The third-order valence-corrected chi connectivity index (χ3v) is 5.22. The fraction of sp³-hybridized carbons (Fsp3) is 0.412. The van der Waals surface area contributed by atoms with Crippen molar-refractivity contribution in [1.29, 1.82) is 0 Å². The Balaban J connectivity index is 2.05. The Bertz CT molecular complexity index is 752. The van der Waals surface area contributed by atoms with E-state index in [9.17, 15) is 9.59 Å². The first kappa shape index (κ1) is 21.5. The van der Waals surface area contributed by atoms with Crippen LogP contribution in [0, 0.1) is 6.92 Å². The highest BCUT2D eigenvalue weighted by Crippen LogP contribution is 2.22. The maximum Gasteiger partial charge on any atom is 0.305 e. The van der Waals surface area contributed by atoms with Gasteiger partial charge in [-0.2, -0.15) is 5.10 Å². The molecule has 0 aliphatic carbocycles. The van der Waals surface area contributed by atoms with Crippen LogP contribution in [0.5, 0.6) is 0 Å². The molecule has 1 saturated heterocycles. The third kappa shape index (κ3) is 6.41. The third-order valence-electron chi connectivity index (χ3n) is 3.81. The summed E-state index contributed by atoms with van der Waals surface area (Å²) in [5, 5.41) is 18.9. The van der Waals surface area contributed by atoms with Crippen molar-refractivity contribution >= 4 is 63.9 Å². The average molecular weight is 431 g/mol. The van der Waals surface area contributed by atoms with Crippen LogP contribution in [0.2, 0.25) is 0 Å². The molecule has 10 heteroatoms. The lowest BCUT2D eigenvalue weighted by Gasteiger charge is -2.23. The van der Waals surface area contributed by atoms with Crippen LogP contribution < -0.4 is 10.2 Å². The van der Waals surface area contributed by atoms with Crippen molar-refractivity contribution in [2.75, 3.05) is 29.7 Å². The number of nitrogens with one attached hydrogen (secondary N) is 1. The zero-order valence-corrected chi connectivity index (χ0v) is 17.0. The first-order chi connectivity index (χ1) is 12.9. The quantitative estimate of drug-likeness (QED) is 0.356. The average Bonchev–Trinajstić information content (AvgIpc) is 2.95. The first-order valence-corrected chi connectivity index (χ1v) is 10.2. The number of carboxylic acids is 1. The summed E-state index contributed by atoms with van der Waals surface area (Å²) in [5.74, 6) is -0.359. The van der Waals surface area contributed by atoms with Gasteiger partial charge in [0.05, 0.1) is 12.6 Å². The Morgan fingerprint density at radius 2 is 2.07 bits per heavy atom. The van der Waals surface area contributed by atoms with Gasteiger partial charge in [-0.25, -0.2) is 0 Å². The number of carbonyl (C=O) groups excluding carboxylic acids is 1. The van der Waals surface area contributed by atoms with Crippen LogP contribution in [0.1, 0.15) is 17.5 Å². The summed E-state index contributed by atoms with van der Waals surface area (Å²) in [5.41, 5.74) is 2.93. The minimum atomic E-state index is -1.03. The number of aryl methyl sites for hydroxylation is 1. The number of rotatable bonds is 9. The van der Waals surface area contributed by atoms with Crippen LogP contribution in [-0.4, -0.2) is 58.5 Å². The van der Waals surface area contributed by atoms with E-state index in [-0.39, 0.29) is 12.3 Å². The summed E-state index contributed by atoms with van der Waals surface area (Å²) < 4.78 is 0. The van der Waals surface area contributed by atoms with Crippen molar-refractivity contribution in [2.45, 2.75) is 18.6 Å². The van der Waals surface area contributed by atoms with Crippen LogP contribution in [-0.2, 0) is 9.59 Å². The summed E-state index contributed by atoms with van der Waals surface area (Å²) in [6.07, 6.45) is 1.34. The lowest BCUT2D eigenvalue weighted by atomic mass is 10.1. The normalized spacial score (nSPS) is 18.3. The minimum absolute atomic E-state index is 0.249. The lowest BCUT2D eigenvalue weighted by Crippen LogP contribution is -2.27. The molecule has 1 aromatic rings. The Morgan fingerprint density at radius 3 is 2.67 bits per heavy atom. The van der Waals surface area contributed by atoms with Crippen molar-refractivity contribution < 1.29 is 14.7 Å². The molecule has 7 nitrogen and oxygen atoms in total. The molecular weight excluding hydrogens is 411 g/mol. The van der Waals surface area contributed by atoms with Crippen LogP contribution in [0.25, 0.3) is 0 Å². The number of benzene rings is 1. The number of amidine groups is 1. The standard InChI is InChI=1S/C17H20Cl2N4O3S/c1-11-8-13(23(6-4-18)7-5-19)3-2-12(11)10-20-22-17-21-16(26)14(27-17)9-15(24)25/h2-3,8,10,14H,4-7,9H2,1H3,(H,24,25)(H,21,22,26). The highest BCUT2D eigenvalue weighted by atomic mass is 35.5. The monoisotopic (exact) mass is 430 g/mol. The molecule has 1 amide bonds. The second-order valence-corrected chi connectivity index (χ2v) is 7.70. The molecule has 0 spiro atoms. The molecule has 0 saturated carbocycles. The van der Waals surface area contributed by atoms with E-state index in [2.05, 4.69) is 20.4 Å². The van der Waals surface area contributed by atoms with E-state index < -0.39 is 11.2 Å². The SMILES string of the molecule is Cc1cc(N(CCCl)CCCl)ccc1C=NN=C1NC(=O)C(CC(=O)O)S1. The van der Waals surface area contributed by atoms with Crippen LogP contribution in [0.15, 0.2) is 28.4 Å². The molecule has 1 aromatic carbocycles. The van der Waals surface area contributed by atoms with Crippen molar-refractivity contribution in [3.63, 3.8) is 0 Å². The fourth-order valence-electron chi connectivity index (χ4n) is 2.46. The Hall–Kier alpha value is -1.77. The molecule has 1 aliphatic rings. The van der Waals surface area contributed by atoms with Crippen LogP contribution in [0.4, 0.5) is 5.69 Å². The maximum atomic E-state index is 11.7. The highest BCUT2D eigenvalue weighted by molar-refractivity contribution is 8.15. The Labute approximate surface area is 171 Å². The molecule has 0 radical (unpaired) electrons. The van der Waals surface area contributed by atoms with Crippen molar-refractivity contribution in [3.05, 3.63) is 29.3 Å². The number of nitrogens with zero attached hydrogens (tertiary/aromatic N) is 3.